The number of aromatic amines is 1. The zero-order chi connectivity index (χ0) is 11.4. The van der Waals surface area contributed by atoms with Crippen LogP contribution in [-0.2, 0) is 11.2 Å². The van der Waals surface area contributed by atoms with E-state index in [1.165, 1.54) is 0 Å². The van der Waals surface area contributed by atoms with Gasteiger partial charge in [-0.3, -0.25) is 9.78 Å². The molecule has 0 unspecified atom stereocenters. The predicted molar refractivity (Wildman–Crippen MR) is 62.3 cm³/mol. The third kappa shape index (κ3) is 2.54. The van der Waals surface area contributed by atoms with Crippen molar-refractivity contribution >= 4 is 17.5 Å². The van der Waals surface area contributed by atoms with Crippen LogP contribution in [0.5, 0.6) is 0 Å². The highest BCUT2D eigenvalue weighted by molar-refractivity contribution is 6.17. The molecule has 1 aliphatic rings. The Kier molecular flexibility index (Phi) is 3.79. The van der Waals surface area contributed by atoms with Crippen LogP contribution in [0.25, 0.3) is 0 Å². The Morgan fingerprint density at radius 3 is 2.88 bits per heavy atom. The smallest absolute Gasteiger partial charge is 0.255 e. The number of nitrogens with zero attached hydrogens (tertiary/aromatic N) is 2. The lowest BCUT2D eigenvalue weighted by Crippen LogP contribution is -2.38. The van der Waals surface area contributed by atoms with E-state index in [1.807, 2.05) is 4.90 Å². The first-order chi connectivity index (χ1) is 7.81. The van der Waals surface area contributed by atoms with E-state index >= 15 is 0 Å². The van der Waals surface area contributed by atoms with E-state index in [-0.39, 0.29) is 5.56 Å². The summed E-state index contributed by atoms with van der Waals surface area (Å²) in [6.45, 7) is 2.87. The van der Waals surface area contributed by atoms with E-state index in [9.17, 15) is 4.79 Å². The Bertz CT molecular complexity index is 401. The van der Waals surface area contributed by atoms with Gasteiger partial charge in [-0.25, -0.2) is 4.98 Å². The molecule has 1 fully saturated rings. The molecule has 1 aromatic rings. The molecular weight excluding hydrogens is 230 g/mol. The molecule has 88 valence electrons. The van der Waals surface area contributed by atoms with Crippen LogP contribution in [-0.4, -0.2) is 42.2 Å². The number of aromatic nitrogens is 2. The van der Waals surface area contributed by atoms with Crippen molar-refractivity contribution in [2.75, 3.05) is 37.1 Å². The molecular formula is C10H14ClN3O2. The van der Waals surface area contributed by atoms with E-state index in [4.69, 9.17) is 16.3 Å². The van der Waals surface area contributed by atoms with Gasteiger partial charge < -0.3 is 9.64 Å². The SMILES string of the molecule is O=c1[nH]c(N2CCOCC2)ncc1CCCl. The van der Waals surface area contributed by atoms with Crippen LogP contribution in [0.4, 0.5) is 5.95 Å². The fraction of sp³-hybridized carbons (Fsp3) is 0.600. The number of nitrogens with one attached hydrogen (secondary N) is 1. The van der Waals surface area contributed by atoms with Crippen molar-refractivity contribution in [1.29, 1.82) is 0 Å². The number of rotatable bonds is 3. The number of H-pyrrole nitrogens is 1. The first-order valence-corrected chi connectivity index (χ1v) is 5.81. The molecule has 1 aromatic heterocycles. The normalized spacial score (nSPS) is 16.4. The molecule has 0 atom stereocenters. The van der Waals surface area contributed by atoms with Gasteiger partial charge in [0.2, 0.25) is 5.95 Å². The summed E-state index contributed by atoms with van der Waals surface area (Å²) in [5.41, 5.74) is 0.532. The van der Waals surface area contributed by atoms with Gasteiger partial charge in [0.1, 0.15) is 0 Å². The van der Waals surface area contributed by atoms with Crippen molar-refractivity contribution in [3.8, 4) is 0 Å². The molecule has 5 nitrogen and oxygen atoms in total. The van der Waals surface area contributed by atoms with E-state index < -0.39 is 0 Å². The number of anilines is 1. The van der Waals surface area contributed by atoms with Gasteiger partial charge in [-0.1, -0.05) is 0 Å². The highest BCUT2D eigenvalue weighted by atomic mass is 35.5. The van der Waals surface area contributed by atoms with Crippen molar-refractivity contribution in [3.05, 3.63) is 22.1 Å². The highest BCUT2D eigenvalue weighted by Gasteiger charge is 2.13. The van der Waals surface area contributed by atoms with E-state index in [0.29, 0.717) is 37.0 Å². The average Bonchev–Trinajstić information content (AvgIpc) is 2.33. The minimum Gasteiger partial charge on any atom is -0.378 e. The van der Waals surface area contributed by atoms with Gasteiger partial charge in [0.05, 0.1) is 13.2 Å². The Balaban J connectivity index is 2.16. The van der Waals surface area contributed by atoms with E-state index in [0.717, 1.165) is 13.1 Å². The molecule has 0 saturated carbocycles. The molecule has 0 aromatic carbocycles. The molecule has 0 spiro atoms. The summed E-state index contributed by atoms with van der Waals surface area (Å²) in [4.78, 5) is 20.7. The van der Waals surface area contributed by atoms with Gasteiger partial charge in [-0.2, -0.15) is 0 Å². The number of hydrogen-bond acceptors (Lipinski definition) is 4. The second-order valence-electron chi connectivity index (χ2n) is 3.60. The van der Waals surface area contributed by atoms with Crippen molar-refractivity contribution in [2.45, 2.75) is 6.42 Å². The Morgan fingerprint density at radius 1 is 1.50 bits per heavy atom. The lowest BCUT2D eigenvalue weighted by molar-refractivity contribution is 0.122. The summed E-state index contributed by atoms with van der Waals surface area (Å²) < 4.78 is 5.23. The van der Waals surface area contributed by atoms with Crippen LogP contribution in [0.3, 0.4) is 0 Å². The van der Waals surface area contributed by atoms with Crippen LogP contribution in [0.1, 0.15) is 5.56 Å². The topological polar surface area (TPSA) is 58.2 Å². The highest BCUT2D eigenvalue weighted by Crippen LogP contribution is 2.07. The van der Waals surface area contributed by atoms with E-state index in [1.54, 1.807) is 6.20 Å². The Hall–Kier alpha value is -1.07. The summed E-state index contributed by atoms with van der Waals surface area (Å²) in [6.07, 6.45) is 2.15. The molecule has 0 radical (unpaired) electrons. The zero-order valence-corrected chi connectivity index (χ0v) is 9.66. The number of halogens is 1. The van der Waals surface area contributed by atoms with Crippen LogP contribution in [0.2, 0.25) is 0 Å². The van der Waals surface area contributed by atoms with Crippen LogP contribution >= 0.6 is 11.6 Å². The van der Waals surface area contributed by atoms with Crippen molar-refractivity contribution in [1.82, 2.24) is 9.97 Å². The average molecular weight is 244 g/mol. The van der Waals surface area contributed by atoms with Crippen LogP contribution in [0, 0.1) is 0 Å². The summed E-state index contributed by atoms with van der Waals surface area (Å²) in [7, 11) is 0. The number of alkyl halides is 1. The first-order valence-electron chi connectivity index (χ1n) is 5.28. The predicted octanol–water partition coefficient (Wildman–Crippen LogP) is 0.388. The minimum absolute atomic E-state index is 0.0999. The van der Waals surface area contributed by atoms with Gasteiger partial charge in [0.25, 0.3) is 5.56 Å². The summed E-state index contributed by atoms with van der Waals surface area (Å²) in [5, 5.41) is 0. The molecule has 2 heterocycles. The standard InChI is InChI=1S/C10H14ClN3O2/c11-2-1-8-7-12-10(13-9(8)15)14-3-5-16-6-4-14/h7H,1-6H2,(H,12,13,15). The van der Waals surface area contributed by atoms with Gasteiger partial charge in [0, 0.05) is 30.7 Å². The third-order valence-electron chi connectivity index (χ3n) is 2.53. The molecule has 16 heavy (non-hydrogen) atoms. The Labute approximate surface area is 98.4 Å². The monoisotopic (exact) mass is 243 g/mol. The quantitative estimate of drug-likeness (QED) is 0.781. The van der Waals surface area contributed by atoms with Gasteiger partial charge in [0.15, 0.2) is 0 Å². The fourth-order valence-electron chi connectivity index (χ4n) is 1.63. The van der Waals surface area contributed by atoms with Crippen LogP contribution in [0.15, 0.2) is 11.0 Å². The lowest BCUT2D eigenvalue weighted by atomic mass is 10.3. The van der Waals surface area contributed by atoms with Gasteiger partial charge in [-0.05, 0) is 6.42 Å². The maximum atomic E-state index is 11.7. The molecule has 1 aliphatic heterocycles. The van der Waals surface area contributed by atoms with Crippen LogP contribution < -0.4 is 10.5 Å². The molecule has 2 rings (SSSR count). The fourth-order valence-corrected chi connectivity index (χ4v) is 1.83. The molecule has 1 saturated heterocycles. The van der Waals surface area contributed by atoms with E-state index in [2.05, 4.69) is 9.97 Å². The maximum Gasteiger partial charge on any atom is 0.255 e. The second-order valence-corrected chi connectivity index (χ2v) is 3.98. The number of aryl methyl sites for hydroxylation is 1. The molecule has 1 N–H and O–H groups in total. The molecule has 0 aliphatic carbocycles. The van der Waals surface area contributed by atoms with Crippen molar-refractivity contribution in [3.63, 3.8) is 0 Å². The Morgan fingerprint density at radius 2 is 2.25 bits per heavy atom. The summed E-state index contributed by atoms with van der Waals surface area (Å²) >= 11 is 5.59. The minimum atomic E-state index is -0.0999. The first kappa shape index (κ1) is 11.4. The van der Waals surface area contributed by atoms with Gasteiger partial charge >= 0.3 is 0 Å². The third-order valence-corrected chi connectivity index (χ3v) is 2.72. The number of ether oxygens (including phenoxy) is 1. The molecule has 0 amide bonds. The largest absolute Gasteiger partial charge is 0.378 e. The summed E-state index contributed by atoms with van der Waals surface area (Å²) in [5.74, 6) is 1.05. The van der Waals surface area contributed by atoms with Gasteiger partial charge in [-0.15, -0.1) is 11.6 Å². The lowest BCUT2D eigenvalue weighted by Gasteiger charge is -2.27. The second kappa shape index (κ2) is 5.32. The maximum absolute atomic E-state index is 11.7. The summed E-state index contributed by atoms with van der Waals surface area (Å²) in [6, 6.07) is 0. The zero-order valence-electron chi connectivity index (χ0n) is 8.91. The van der Waals surface area contributed by atoms with Crippen molar-refractivity contribution in [2.24, 2.45) is 0 Å². The van der Waals surface area contributed by atoms with Crippen molar-refractivity contribution < 1.29 is 4.74 Å². The number of hydrogen-bond donors (Lipinski definition) is 1. The molecule has 6 heteroatoms. The number of morpholine rings is 1. The molecule has 0 bridgehead atoms.